The van der Waals surface area contributed by atoms with Crippen LogP contribution in [0.5, 0.6) is 11.5 Å². The van der Waals surface area contributed by atoms with Gasteiger partial charge in [-0.05, 0) is 57.7 Å². The van der Waals surface area contributed by atoms with Gasteiger partial charge in [0, 0.05) is 43.7 Å². The summed E-state index contributed by atoms with van der Waals surface area (Å²) in [5.74, 6) is 1.57. The summed E-state index contributed by atoms with van der Waals surface area (Å²) in [5.41, 5.74) is 0.732. The minimum absolute atomic E-state index is 0.164. The summed E-state index contributed by atoms with van der Waals surface area (Å²) >= 11 is 0. The van der Waals surface area contributed by atoms with Gasteiger partial charge in [0.15, 0.2) is 11.5 Å². The first-order chi connectivity index (χ1) is 12.5. The fourth-order valence-corrected chi connectivity index (χ4v) is 4.20. The fourth-order valence-electron chi connectivity index (χ4n) is 4.20. The molecule has 1 saturated carbocycles. The van der Waals surface area contributed by atoms with E-state index >= 15 is 0 Å². The standard InChI is InChI=1S/C20H29N3O3/c1-14(2)23-10-7-15(13-23)12-21-19(24)22-16-5-6-17-18(11-16)26-20(25-17)8-3-4-9-20/h5-6,11,14-15H,3-4,7-10,12-13H2,1-2H3,(H2,21,22,24)/t15-/m0/s1. The summed E-state index contributed by atoms with van der Waals surface area (Å²) in [7, 11) is 0. The van der Waals surface area contributed by atoms with Gasteiger partial charge < -0.3 is 25.0 Å². The zero-order valence-corrected chi connectivity index (χ0v) is 15.7. The molecule has 2 fully saturated rings. The number of carbonyl (C=O) groups is 1. The average molecular weight is 359 g/mol. The first-order valence-electron chi connectivity index (χ1n) is 9.84. The van der Waals surface area contributed by atoms with Crippen LogP contribution < -0.4 is 20.1 Å². The molecular formula is C20H29N3O3. The maximum absolute atomic E-state index is 12.2. The number of hydrogen-bond donors (Lipinski definition) is 2. The summed E-state index contributed by atoms with van der Waals surface area (Å²) in [6, 6.07) is 6.02. The van der Waals surface area contributed by atoms with Crippen LogP contribution >= 0.6 is 0 Å². The Morgan fingerprint density at radius 1 is 1.27 bits per heavy atom. The highest BCUT2D eigenvalue weighted by Crippen LogP contribution is 2.47. The Labute approximate surface area is 155 Å². The Hall–Kier alpha value is -1.95. The molecule has 0 unspecified atom stereocenters. The second-order valence-corrected chi connectivity index (χ2v) is 8.06. The largest absolute Gasteiger partial charge is 0.448 e. The highest BCUT2D eigenvalue weighted by Gasteiger charge is 2.44. The molecule has 26 heavy (non-hydrogen) atoms. The van der Waals surface area contributed by atoms with Crippen LogP contribution in [0.15, 0.2) is 18.2 Å². The van der Waals surface area contributed by atoms with Gasteiger partial charge in [0.2, 0.25) is 0 Å². The molecule has 6 heteroatoms. The van der Waals surface area contributed by atoms with Crippen molar-refractivity contribution in [2.24, 2.45) is 5.92 Å². The monoisotopic (exact) mass is 359 g/mol. The molecule has 0 radical (unpaired) electrons. The Kier molecular flexibility index (Phi) is 4.69. The lowest BCUT2D eigenvalue weighted by atomic mass is 10.1. The van der Waals surface area contributed by atoms with E-state index in [2.05, 4.69) is 29.4 Å². The summed E-state index contributed by atoms with van der Waals surface area (Å²) in [4.78, 5) is 14.7. The van der Waals surface area contributed by atoms with Crippen molar-refractivity contribution in [2.75, 3.05) is 25.0 Å². The lowest BCUT2D eigenvalue weighted by molar-refractivity contribution is -0.0716. The Balaban J connectivity index is 1.28. The molecule has 1 saturated heterocycles. The number of ether oxygens (including phenoxy) is 2. The Morgan fingerprint density at radius 3 is 2.77 bits per heavy atom. The molecule has 1 atom stereocenters. The number of fused-ring (bicyclic) bond motifs is 1. The van der Waals surface area contributed by atoms with Crippen molar-refractivity contribution in [1.82, 2.24) is 10.2 Å². The number of amides is 2. The Bertz CT molecular complexity index is 670. The van der Waals surface area contributed by atoms with Crippen LogP contribution in [0, 0.1) is 5.92 Å². The van der Waals surface area contributed by atoms with Crippen molar-refractivity contribution in [3.8, 4) is 11.5 Å². The summed E-state index contributed by atoms with van der Waals surface area (Å²) < 4.78 is 12.1. The zero-order chi connectivity index (χ0) is 18.1. The maximum Gasteiger partial charge on any atom is 0.319 e. The summed E-state index contributed by atoms with van der Waals surface area (Å²) in [6.45, 7) is 7.33. The average Bonchev–Trinajstić information content (AvgIpc) is 3.32. The number of nitrogens with zero attached hydrogens (tertiary/aromatic N) is 1. The van der Waals surface area contributed by atoms with Gasteiger partial charge in [-0.25, -0.2) is 4.79 Å². The van der Waals surface area contributed by atoms with E-state index < -0.39 is 5.79 Å². The molecule has 1 aromatic carbocycles. The minimum atomic E-state index is -0.464. The first kappa shape index (κ1) is 17.5. The topological polar surface area (TPSA) is 62.8 Å². The molecule has 1 spiro atoms. The van der Waals surface area contributed by atoms with Gasteiger partial charge in [-0.15, -0.1) is 0 Å². The fraction of sp³-hybridized carbons (Fsp3) is 0.650. The van der Waals surface area contributed by atoms with Crippen LogP contribution in [0.2, 0.25) is 0 Å². The van der Waals surface area contributed by atoms with Gasteiger partial charge in [-0.2, -0.15) is 0 Å². The van der Waals surface area contributed by atoms with Crippen molar-refractivity contribution >= 4 is 11.7 Å². The molecule has 1 aliphatic carbocycles. The lowest BCUT2D eigenvalue weighted by Crippen LogP contribution is -2.35. The number of rotatable bonds is 4. The van der Waals surface area contributed by atoms with E-state index in [0.29, 0.717) is 18.5 Å². The Morgan fingerprint density at radius 2 is 2.04 bits per heavy atom. The maximum atomic E-state index is 12.2. The number of likely N-dealkylation sites (tertiary alicyclic amines) is 1. The number of benzene rings is 1. The molecule has 2 heterocycles. The van der Waals surface area contributed by atoms with Crippen molar-refractivity contribution in [2.45, 2.75) is 57.8 Å². The van der Waals surface area contributed by atoms with E-state index in [4.69, 9.17) is 9.47 Å². The quantitative estimate of drug-likeness (QED) is 0.862. The third-order valence-corrected chi connectivity index (χ3v) is 5.76. The smallest absolute Gasteiger partial charge is 0.319 e. The second kappa shape index (κ2) is 6.99. The van der Waals surface area contributed by atoms with Crippen LogP contribution in [0.3, 0.4) is 0 Å². The third kappa shape index (κ3) is 3.61. The van der Waals surface area contributed by atoms with Gasteiger partial charge >= 0.3 is 6.03 Å². The lowest BCUT2D eigenvalue weighted by Gasteiger charge is -2.21. The third-order valence-electron chi connectivity index (χ3n) is 5.76. The van der Waals surface area contributed by atoms with Gasteiger partial charge in [-0.3, -0.25) is 0 Å². The SMILES string of the molecule is CC(C)N1CC[C@@H](CNC(=O)Nc2ccc3c(c2)OC2(CCCC2)O3)C1. The molecule has 2 N–H and O–H groups in total. The molecule has 1 aromatic rings. The number of nitrogens with one attached hydrogen (secondary N) is 2. The van der Waals surface area contributed by atoms with Crippen molar-refractivity contribution in [3.05, 3.63) is 18.2 Å². The summed E-state index contributed by atoms with van der Waals surface area (Å²) in [6.07, 6.45) is 5.28. The van der Waals surface area contributed by atoms with Gasteiger partial charge in [-0.1, -0.05) is 0 Å². The predicted molar refractivity (Wildman–Crippen MR) is 101 cm³/mol. The molecule has 142 valence electrons. The first-order valence-corrected chi connectivity index (χ1v) is 9.84. The van der Waals surface area contributed by atoms with Crippen LogP contribution in [0.4, 0.5) is 10.5 Å². The van der Waals surface area contributed by atoms with Gasteiger partial charge in [0.05, 0.1) is 0 Å². The molecular weight excluding hydrogens is 330 g/mol. The van der Waals surface area contributed by atoms with Crippen molar-refractivity contribution in [1.29, 1.82) is 0 Å². The van der Waals surface area contributed by atoms with Crippen LogP contribution in [0.1, 0.15) is 46.0 Å². The molecule has 2 amide bonds. The van der Waals surface area contributed by atoms with E-state index in [1.807, 2.05) is 18.2 Å². The highest BCUT2D eigenvalue weighted by atomic mass is 16.7. The highest BCUT2D eigenvalue weighted by molar-refractivity contribution is 5.89. The van der Waals surface area contributed by atoms with E-state index in [1.165, 1.54) is 0 Å². The van der Waals surface area contributed by atoms with Crippen molar-refractivity contribution < 1.29 is 14.3 Å². The molecule has 0 aromatic heterocycles. The van der Waals surface area contributed by atoms with E-state index in [0.717, 1.165) is 62.4 Å². The van der Waals surface area contributed by atoms with Crippen molar-refractivity contribution in [3.63, 3.8) is 0 Å². The van der Waals surface area contributed by atoms with E-state index in [1.54, 1.807) is 0 Å². The molecule has 2 aliphatic heterocycles. The molecule has 0 bridgehead atoms. The summed E-state index contributed by atoms with van der Waals surface area (Å²) in [5, 5.41) is 5.91. The minimum Gasteiger partial charge on any atom is -0.448 e. The second-order valence-electron chi connectivity index (χ2n) is 8.06. The normalized spacial score (nSPS) is 23.7. The predicted octanol–water partition coefficient (Wildman–Crippen LogP) is 3.58. The number of carbonyl (C=O) groups excluding carboxylic acids is 1. The van der Waals surface area contributed by atoms with E-state index in [9.17, 15) is 4.79 Å². The molecule has 6 nitrogen and oxygen atoms in total. The number of urea groups is 1. The number of hydrogen-bond acceptors (Lipinski definition) is 4. The number of anilines is 1. The van der Waals surface area contributed by atoms with E-state index in [-0.39, 0.29) is 6.03 Å². The van der Waals surface area contributed by atoms with Crippen LogP contribution in [-0.2, 0) is 0 Å². The zero-order valence-electron chi connectivity index (χ0n) is 15.7. The molecule has 4 rings (SSSR count). The van der Waals surface area contributed by atoms with Crippen LogP contribution in [0.25, 0.3) is 0 Å². The van der Waals surface area contributed by atoms with Crippen LogP contribution in [-0.4, -0.2) is 42.4 Å². The molecule has 3 aliphatic rings. The van der Waals surface area contributed by atoms with Gasteiger partial charge in [0.1, 0.15) is 0 Å². The van der Waals surface area contributed by atoms with Gasteiger partial charge in [0.25, 0.3) is 5.79 Å².